The number of amides is 1. The van der Waals surface area contributed by atoms with Gasteiger partial charge in [0.15, 0.2) is 0 Å². The predicted molar refractivity (Wildman–Crippen MR) is 128 cm³/mol. The van der Waals surface area contributed by atoms with Crippen LogP contribution in [0.2, 0.25) is 5.02 Å². The van der Waals surface area contributed by atoms with E-state index in [9.17, 15) is 4.79 Å². The first-order valence-electron chi connectivity index (χ1n) is 10.0. The van der Waals surface area contributed by atoms with Gasteiger partial charge in [0.2, 0.25) is 0 Å². The normalized spacial score (nSPS) is 11.2. The van der Waals surface area contributed by atoms with Gasteiger partial charge in [-0.2, -0.15) is 5.10 Å². The lowest BCUT2D eigenvalue weighted by Gasteiger charge is -2.08. The highest BCUT2D eigenvalue weighted by molar-refractivity contribution is 6.30. The molecule has 0 radical (unpaired) electrons. The van der Waals surface area contributed by atoms with E-state index < -0.39 is 0 Å². The molecule has 156 valence electrons. The summed E-state index contributed by atoms with van der Waals surface area (Å²) in [6.07, 6.45) is 3.76. The lowest BCUT2D eigenvalue weighted by molar-refractivity contribution is -0.119. The Bertz CT molecular complexity index is 1230. The lowest BCUT2D eigenvalue weighted by atomic mass is 10.1. The summed E-state index contributed by atoms with van der Waals surface area (Å²) in [5.74, 6) is -0.227. The molecule has 0 saturated carbocycles. The molecule has 0 saturated heterocycles. The number of fused-ring (bicyclic) bond motifs is 1. The minimum absolute atomic E-state index is 0.119. The molecule has 0 aliphatic carbocycles. The molecule has 4 rings (SSSR count). The second-order valence-electron chi connectivity index (χ2n) is 7.31. The summed E-state index contributed by atoms with van der Waals surface area (Å²) in [6, 6.07) is 23.8. The van der Waals surface area contributed by atoms with Gasteiger partial charge in [0.25, 0.3) is 5.91 Å². The molecule has 1 heterocycles. The van der Waals surface area contributed by atoms with Crippen LogP contribution in [0.15, 0.2) is 84.1 Å². The van der Waals surface area contributed by atoms with Gasteiger partial charge in [-0.3, -0.25) is 4.79 Å². The number of para-hydroxylation sites is 1. The summed E-state index contributed by atoms with van der Waals surface area (Å²) in [5, 5.41) is 8.94. The smallest absolute Gasteiger partial charge is 0.259 e. The molecule has 0 atom stereocenters. The van der Waals surface area contributed by atoms with E-state index in [2.05, 4.69) is 69.9 Å². The Morgan fingerprint density at radius 3 is 2.58 bits per heavy atom. The number of halogens is 1. The Balaban J connectivity index is 1.44. The molecule has 1 aromatic heterocycles. The molecule has 1 amide bonds. The lowest BCUT2D eigenvalue weighted by Crippen LogP contribution is -2.25. The number of rotatable bonds is 7. The third-order valence-corrected chi connectivity index (χ3v) is 5.36. The summed E-state index contributed by atoms with van der Waals surface area (Å²) in [5.41, 5.74) is 8.01. The standard InChI is InChI=1S/C25H23ClN4O/c1-18-6-2-3-7-19(18)16-30-17-20(23-8-4-5-9-24(23)30)14-28-29-25(31)15-27-22-12-10-21(26)11-13-22/h2-14,17,27H,15-16H2,1H3,(H,29,31)/b28-14-. The third-order valence-electron chi connectivity index (χ3n) is 5.11. The number of hydrogen-bond donors (Lipinski definition) is 2. The van der Waals surface area contributed by atoms with E-state index in [4.69, 9.17) is 11.6 Å². The minimum atomic E-state index is -0.227. The van der Waals surface area contributed by atoms with Gasteiger partial charge in [0.05, 0.1) is 12.8 Å². The highest BCUT2D eigenvalue weighted by Gasteiger charge is 2.08. The van der Waals surface area contributed by atoms with Crippen molar-refractivity contribution in [3.05, 3.63) is 101 Å². The first kappa shape index (κ1) is 20.7. The Morgan fingerprint density at radius 1 is 1.03 bits per heavy atom. The maximum absolute atomic E-state index is 12.1. The highest BCUT2D eigenvalue weighted by Crippen LogP contribution is 2.22. The zero-order valence-corrected chi connectivity index (χ0v) is 17.9. The number of hydrogen-bond acceptors (Lipinski definition) is 3. The zero-order chi connectivity index (χ0) is 21.6. The number of nitrogens with zero attached hydrogens (tertiary/aromatic N) is 2. The number of aromatic nitrogens is 1. The Kier molecular flexibility index (Phi) is 6.34. The van der Waals surface area contributed by atoms with Gasteiger partial charge in [0, 0.05) is 39.9 Å². The largest absolute Gasteiger partial charge is 0.376 e. The molecule has 2 N–H and O–H groups in total. The van der Waals surface area contributed by atoms with E-state index in [0.29, 0.717) is 5.02 Å². The van der Waals surface area contributed by atoms with Crippen LogP contribution in [0.25, 0.3) is 10.9 Å². The zero-order valence-electron chi connectivity index (χ0n) is 17.2. The van der Waals surface area contributed by atoms with Crippen molar-refractivity contribution < 1.29 is 4.79 Å². The van der Waals surface area contributed by atoms with Crippen LogP contribution in [0.5, 0.6) is 0 Å². The van der Waals surface area contributed by atoms with E-state index in [-0.39, 0.29) is 12.5 Å². The van der Waals surface area contributed by atoms with Crippen molar-refractivity contribution in [2.24, 2.45) is 5.10 Å². The quantitative estimate of drug-likeness (QED) is 0.312. The molecule has 5 nitrogen and oxygen atoms in total. The van der Waals surface area contributed by atoms with Gasteiger partial charge in [-0.1, -0.05) is 54.1 Å². The first-order valence-corrected chi connectivity index (χ1v) is 10.4. The third kappa shape index (κ3) is 5.13. The topological polar surface area (TPSA) is 58.4 Å². The van der Waals surface area contributed by atoms with Crippen LogP contribution in [0.4, 0.5) is 5.69 Å². The van der Waals surface area contributed by atoms with Gasteiger partial charge in [-0.15, -0.1) is 0 Å². The molecule has 0 unspecified atom stereocenters. The summed E-state index contributed by atoms with van der Waals surface area (Å²) in [7, 11) is 0. The maximum atomic E-state index is 12.1. The summed E-state index contributed by atoms with van der Waals surface area (Å²) >= 11 is 5.87. The van der Waals surface area contributed by atoms with Crippen LogP contribution in [0.1, 0.15) is 16.7 Å². The number of carbonyl (C=O) groups is 1. The van der Waals surface area contributed by atoms with Gasteiger partial charge in [0.1, 0.15) is 0 Å². The van der Waals surface area contributed by atoms with E-state index in [1.54, 1.807) is 18.3 Å². The highest BCUT2D eigenvalue weighted by atomic mass is 35.5. The number of carbonyl (C=O) groups excluding carboxylic acids is 1. The summed E-state index contributed by atoms with van der Waals surface area (Å²) < 4.78 is 2.21. The van der Waals surface area contributed by atoms with Crippen molar-refractivity contribution in [3.63, 3.8) is 0 Å². The number of hydrazone groups is 1. The van der Waals surface area contributed by atoms with Crippen molar-refractivity contribution in [1.82, 2.24) is 9.99 Å². The molecular formula is C25H23ClN4O. The van der Waals surface area contributed by atoms with Gasteiger partial charge in [-0.25, -0.2) is 5.43 Å². The van der Waals surface area contributed by atoms with Crippen LogP contribution in [-0.2, 0) is 11.3 Å². The fraction of sp³-hybridized carbons (Fsp3) is 0.120. The molecule has 0 aliphatic heterocycles. The Hall–Kier alpha value is -3.57. The minimum Gasteiger partial charge on any atom is -0.376 e. The van der Waals surface area contributed by atoms with E-state index in [1.165, 1.54) is 11.1 Å². The second kappa shape index (κ2) is 9.49. The van der Waals surface area contributed by atoms with E-state index >= 15 is 0 Å². The molecule has 0 aliphatic rings. The average Bonchev–Trinajstić information content (AvgIpc) is 3.12. The van der Waals surface area contributed by atoms with Gasteiger partial charge < -0.3 is 9.88 Å². The van der Waals surface area contributed by atoms with Crippen molar-refractivity contribution in [3.8, 4) is 0 Å². The molecular weight excluding hydrogens is 408 g/mol. The SMILES string of the molecule is Cc1ccccc1Cn1cc(/C=N\NC(=O)CNc2ccc(Cl)cc2)c2ccccc21. The Labute approximate surface area is 186 Å². The van der Waals surface area contributed by atoms with Crippen molar-refractivity contribution >= 4 is 40.3 Å². The van der Waals surface area contributed by atoms with E-state index in [0.717, 1.165) is 28.7 Å². The number of nitrogens with one attached hydrogen (secondary N) is 2. The molecule has 3 aromatic carbocycles. The van der Waals surface area contributed by atoms with Crippen LogP contribution >= 0.6 is 11.6 Å². The van der Waals surface area contributed by atoms with Gasteiger partial charge >= 0.3 is 0 Å². The van der Waals surface area contributed by atoms with Crippen molar-refractivity contribution in [2.75, 3.05) is 11.9 Å². The first-order chi connectivity index (χ1) is 15.1. The number of anilines is 1. The average molecular weight is 431 g/mol. The molecule has 0 spiro atoms. The Morgan fingerprint density at radius 2 is 1.77 bits per heavy atom. The molecule has 0 fully saturated rings. The molecule has 4 aromatic rings. The summed E-state index contributed by atoms with van der Waals surface area (Å²) in [4.78, 5) is 12.1. The van der Waals surface area contributed by atoms with Crippen LogP contribution in [0.3, 0.4) is 0 Å². The van der Waals surface area contributed by atoms with Crippen LogP contribution in [0, 0.1) is 6.92 Å². The van der Waals surface area contributed by atoms with Gasteiger partial charge in [-0.05, 0) is 48.4 Å². The fourth-order valence-electron chi connectivity index (χ4n) is 3.44. The fourth-order valence-corrected chi connectivity index (χ4v) is 3.57. The maximum Gasteiger partial charge on any atom is 0.259 e. The molecule has 31 heavy (non-hydrogen) atoms. The van der Waals surface area contributed by atoms with Crippen LogP contribution in [-0.4, -0.2) is 23.2 Å². The predicted octanol–water partition coefficient (Wildman–Crippen LogP) is 5.21. The van der Waals surface area contributed by atoms with Crippen molar-refractivity contribution in [1.29, 1.82) is 0 Å². The monoisotopic (exact) mass is 430 g/mol. The van der Waals surface area contributed by atoms with Crippen LogP contribution < -0.4 is 10.7 Å². The summed E-state index contributed by atoms with van der Waals surface area (Å²) in [6.45, 7) is 3.02. The number of benzene rings is 3. The second-order valence-corrected chi connectivity index (χ2v) is 7.75. The van der Waals surface area contributed by atoms with E-state index in [1.807, 2.05) is 24.3 Å². The molecule has 0 bridgehead atoms. The molecule has 6 heteroatoms. The van der Waals surface area contributed by atoms with Crippen molar-refractivity contribution in [2.45, 2.75) is 13.5 Å². The number of aryl methyl sites for hydroxylation is 1.